The molecule has 1 rings (SSSR count). The van der Waals surface area contributed by atoms with E-state index < -0.39 is 0 Å². The van der Waals surface area contributed by atoms with Crippen LogP contribution in [0.1, 0.15) is 5.56 Å². The largest absolute Gasteiger partial charge is 0.382 e. The second-order valence-corrected chi connectivity index (χ2v) is 4.63. The van der Waals surface area contributed by atoms with Crippen LogP contribution in [-0.2, 0) is 20.7 Å². The van der Waals surface area contributed by atoms with Gasteiger partial charge in [-0.1, -0.05) is 12.1 Å². The van der Waals surface area contributed by atoms with Crippen LogP contribution in [0.4, 0.5) is 0 Å². The average molecular weight is 334 g/mol. The number of hydrogen-bond acceptors (Lipinski definition) is 3. The van der Waals surface area contributed by atoms with Gasteiger partial charge in [0.15, 0.2) is 5.78 Å². The average Bonchev–Trinajstić information content (AvgIpc) is 2.28. The molecular formula is C12H15IO3. The van der Waals surface area contributed by atoms with E-state index >= 15 is 0 Å². The summed E-state index contributed by atoms with van der Waals surface area (Å²) in [6.45, 7) is 1.15. The van der Waals surface area contributed by atoms with Gasteiger partial charge in [-0.3, -0.25) is 4.79 Å². The van der Waals surface area contributed by atoms with Gasteiger partial charge in [0.05, 0.1) is 13.2 Å². The van der Waals surface area contributed by atoms with Gasteiger partial charge in [-0.15, -0.1) is 0 Å². The van der Waals surface area contributed by atoms with E-state index in [1.165, 1.54) is 3.57 Å². The zero-order valence-corrected chi connectivity index (χ0v) is 11.4. The number of ketones is 1. The fraction of sp³-hybridized carbons (Fsp3) is 0.417. The molecule has 0 heterocycles. The van der Waals surface area contributed by atoms with Gasteiger partial charge in [-0.05, 0) is 40.3 Å². The van der Waals surface area contributed by atoms with Gasteiger partial charge < -0.3 is 9.47 Å². The number of methoxy groups -OCH3 is 1. The van der Waals surface area contributed by atoms with Gasteiger partial charge in [0.2, 0.25) is 0 Å². The molecule has 16 heavy (non-hydrogen) atoms. The van der Waals surface area contributed by atoms with Gasteiger partial charge in [-0.25, -0.2) is 0 Å². The number of carbonyl (C=O) groups excluding carboxylic acids is 1. The summed E-state index contributed by atoms with van der Waals surface area (Å²) < 4.78 is 11.1. The Balaban J connectivity index is 2.26. The Labute approximate surface area is 109 Å². The minimum absolute atomic E-state index is 0.0947. The third kappa shape index (κ3) is 5.58. The second-order valence-electron chi connectivity index (χ2n) is 3.39. The molecular weight excluding hydrogens is 319 g/mol. The van der Waals surface area contributed by atoms with E-state index in [9.17, 15) is 4.79 Å². The molecule has 1 aromatic rings. The second kappa shape index (κ2) is 7.76. The van der Waals surface area contributed by atoms with E-state index in [-0.39, 0.29) is 12.4 Å². The first-order chi connectivity index (χ1) is 7.72. The minimum atomic E-state index is 0.0947. The summed E-state index contributed by atoms with van der Waals surface area (Å²) in [5, 5.41) is 0. The number of benzene rings is 1. The molecule has 0 aliphatic heterocycles. The molecule has 0 N–H and O–H groups in total. The molecule has 3 nitrogen and oxygen atoms in total. The molecule has 0 aliphatic rings. The first-order valence-electron chi connectivity index (χ1n) is 5.05. The molecule has 0 aromatic heterocycles. The molecule has 88 valence electrons. The number of Topliss-reactive ketones (excluding diaryl/α,β-unsaturated/α-hetero) is 1. The zero-order valence-electron chi connectivity index (χ0n) is 9.24. The summed E-state index contributed by atoms with van der Waals surface area (Å²) in [7, 11) is 1.61. The zero-order chi connectivity index (χ0) is 11.8. The van der Waals surface area contributed by atoms with Crippen molar-refractivity contribution in [2.24, 2.45) is 0 Å². The van der Waals surface area contributed by atoms with E-state index in [1.54, 1.807) is 7.11 Å². The van der Waals surface area contributed by atoms with Gasteiger partial charge in [-0.2, -0.15) is 0 Å². The predicted octanol–water partition coefficient (Wildman–Crippen LogP) is 2.07. The van der Waals surface area contributed by atoms with Crippen molar-refractivity contribution in [3.63, 3.8) is 0 Å². The normalized spacial score (nSPS) is 10.4. The minimum Gasteiger partial charge on any atom is -0.382 e. The monoisotopic (exact) mass is 334 g/mol. The molecule has 0 unspecified atom stereocenters. The number of rotatable bonds is 7. The van der Waals surface area contributed by atoms with Crippen LogP contribution in [0.5, 0.6) is 0 Å². The lowest BCUT2D eigenvalue weighted by Gasteiger charge is -2.03. The fourth-order valence-corrected chi connectivity index (χ4v) is 1.57. The van der Waals surface area contributed by atoms with Crippen molar-refractivity contribution < 1.29 is 14.3 Å². The lowest BCUT2D eigenvalue weighted by atomic mass is 10.1. The number of halogens is 1. The summed E-state index contributed by atoms with van der Waals surface area (Å²) in [5.74, 6) is 0.0947. The third-order valence-corrected chi connectivity index (χ3v) is 2.73. The number of carbonyl (C=O) groups is 1. The van der Waals surface area contributed by atoms with Crippen molar-refractivity contribution in [3.8, 4) is 0 Å². The highest BCUT2D eigenvalue weighted by Gasteiger charge is 2.03. The topological polar surface area (TPSA) is 35.5 Å². The van der Waals surface area contributed by atoms with Crippen LogP contribution in [0.25, 0.3) is 0 Å². The SMILES string of the molecule is COCCOCC(=O)Cc1ccc(I)cc1. The fourth-order valence-electron chi connectivity index (χ4n) is 1.21. The molecule has 1 aromatic carbocycles. The van der Waals surface area contributed by atoms with E-state index in [4.69, 9.17) is 9.47 Å². The number of ether oxygens (including phenoxy) is 2. The van der Waals surface area contributed by atoms with Crippen LogP contribution in [-0.4, -0.2) is 32.7 Å². The summed E-state index contributed by atoms with van der Waals surface area (Å²) in [5.41, 5.74) is 1.03. The number of hydrogen-bond donors (Lipinski definition) is 0. The van der Waals surface area contributed by atoms with Gasteiger partial charge in [0.1, 0.15) is 6.61 Å². The van der Waals surface area contributed by atoms with Crippen LogP contribution in [0.3, 0.4) is 0 Å². The predicted molar refractivity (Wildman–Crippen MR) is 70.6 cm³/mol. The quantitative estimate of drug-likeness (QED) is 0.566. The first kappa shape index (κ1) is 13.6. The Morgan fingerprint density at radius 2 is 1.94 bits per heavy atom. The van der Waals surface area contributed by atoms with Crippen LogP contribution < -0.4 is 0 Å². The van der Waals surface area contributed by atoms with Crippen LogP contribution in [0, 0.1) is 3.57 Å². The molecule has 0 atom stereocenters. The van der Waals surface area contributed by atoms with E-state index in [0.29, 0.717) is 19.6 Å². The first-order valence-corrected chi connectivity index (χ1v) is 6.13. The maximum Gasteiger partial charge on any atom is 0.162 e. The molecule has 0 saturated carbocycles. The summed E-state index contributed by atoms with van der Waals surface area (Å²) in [6, 6.07) is 7.92. The molecule has 0 fully saturated rings. The lowest BCUT2D eigenvalue weighted by molar-refractivity contribution is -0.123. The molecule has 0 radical (unpaired) electrons. The molecule has 0 spiro atoms. The highest BCUT2D eigenvalue weighted by Crippen LogP contribution is 2.07. The summed E-state index contributed by atoms with van der Waals surface area (Å²) in [6.07, 6.45) is 0.434. The van der Waals surface area contributed by atoms with Crippen LogP contribution in [0.2, 0.25) is 0 Å². The van der Waals surface area contributed by atoms with Crippen molar-refractivity contribution in [2.75, 3.05) is 26.9 Å². The van der Waals surface area contributed by atoms with Gasteiger partial charge in [0.25, 0.3) is 0 Å². The van der Waals surface area contributed by atoms with Gasteiger partial charge >= 0.3 is 0 Å². The Morgan fingerprint density at radius 1 is 1.25 bits per heavy atom. The third-order valence-electron chi connectivity index (χ3n) is 2.01. The van der Waals surface area contributed by atoms with E-state index in [2.05, 4.69) is 22.6 Å². The molecule has 0 bridgehead atoms. The smallest absolute Gasteiger partial charge is 0.162 e. The highest BCUT2D eigenvalue weighted by atomic mass is 127. The lowest BCUT2D eigenvalue weighted by Crippen LogP contribution is -2.13. The molecule has 0 amide bonds. The Hall–Kier alpha value is -0.460. The van der Waals surface area contributed by atoms with Crippen molar-refractivity contribution in [1.82, 2.24) is 0 Å². The van der Waals surface area contributed by atoms with Crippen molar-refractivity contribution >= 4 is 28.4 Å². The Bertz CT molecular complexity index is 322. The van der Waals surface area contributed by atoms with Crippen molar-refractivity contribution in [2.45, 2.75) is 6.42 Å². The highest BCUT2D eigenvalue weighted by molar-refractivity contribution is 14.1. The molecule has 0 saturated heterocycles. The maximum atomic E-state index is 11.5. The van der Waals surface area contributed by atoms with Crippen molar-refractivity contribution in [1.29, 1.82) is 0 Å². The Morgan fingerprint density at radius 3 is 2.56 bits per heavy atom. The Kier molecular flexibility index (Phi) is 6.59. The van der Waals surface area contributed by atoms with E-state index in [1.807, 2.05) is 24.3 Å². The standard InChI is InChI=1S/C12H15IO3/c1-15-6-7-16-9-12(14)8-10-2-4-11(13)5-3-10/h2-5H,6-9H2,1H3. The maximum absolute atomic E-state index is 11.5. The van der Waals surface area contributed by atoms with Crippen LogP contribution >= 0.6 is 22.6 Å². The van der Waals surface area contributed by atoms with Gasteiger partial charge in [0, 0.05) is 17.1 Å². The van der Waals surface area contributed by atoms with E-state index in [0.717, 1.165) is 5.56 Å². The summed E-state index contributed by atoms with van der Waals surface area (Å²) in [4.78, 5) is 11.5. The summed E-state index contributed by atoms with van der Waals surface area (Å²) >= 11 is 2.24. The van der Waals surface area contributed by atoms with Crippen LogP contribution in [0.15, 0.2) is 24.3 Å². The molecule has 4 heteroatoms. The molecule has 0 aliphatic carbocycles. The van der Waals surface area contributed by atoms with Crippen molar-refractivity contribution in [3.05, 3.63) is 33.4 Å².